The molecule has 1 saturated heterocycles. The predicted molar refractivity (Wildman–Crippen MR) is 83.5 cm³/mol. The van der Waals surface area contributed by atoms with Crippen molar-refractivity contribution in [1.29, 1.82) is 0 Å². The number of ether oxygens (including phenoxy) is 1. The lowest BCUT2D eigenvalue weighted by atomic mass is 10.1. The van der Waals surface area contributed by atoms with Gasteiger partial charge in [0, 0.05) is 31.6 Å². The molecule has 0 aromatic heterocycles. The molecular weight excluding hydrogens is 264 g/mol. The van der Waals surface area contributed by atoms with Crippen molar-refractivity contribution in [3.05, 3.63) is 42.5 Å². The van der Waals surface area contributed by atoms with Crippen molar-refractivity contribution in [1.82, 2.24) is 10.2 Å². The average molecular weight is 284 g/mol. The fourth-order valence-corrected chi connectivity index (χ4v) is 2.68. The minimum absolute atomic E-state index is 0.0597. The molecule has 4 nitrogen and oxygen atoms in total. The summed E-state index contributed by atoms with van der Waals surface area (Å²) >= 11 is 0. The number of carbonyl (C=O) groups excluding carboxylic acids is 1. The van der Waals surface area contributed by atoms with E-state index in [2.05, 4.69) is 5.32 Å². The van der Waals surface area contributed by atoms with Gasteiger partial charge in [0.05, 0.1) is 0 Å². The Morgan fingerprint density at radius 3 is 2.67 bits per heavy atom. The van der Waals surface area contributed by atoms with Crippen molar-refractivity contribution in [2.24, 2.45) is 0 Å². The van der Waals surface area contributed by atoms with Gasteiger partial charge in [-0.15, -0.1) is 0 Å². The van der Waals surface area contributed by atoms with Crippen LogP contribution in [0.2, 0.25) is 0 Å². The first-order valence-electron chi connectivity index (χ1n) is 7.39. The van der Waals surface area contributed by atoms with Crippen molar-refractivity contribution in [3.63, 3.8) is 0 Å². The summed E-state index contributed by atoms with van der Waals surface area (Å²) in [6, 6.07) is 14.0. The summed E-state index contributed by atoms with van der Waals surface area (Å²) in [7, 11) is 0. The molecule has 1 N–H and O–H groups in total. The lowest BCUT2D eigenvalue weighted by Gasteiger charge is -2.30. The summed E-state index contributed by atoms with van der Waals surface area (Å²) in [5, 5.41) is 5.41. The highest BCUT2D eigenvalue weighted by Crippen LogP contribution is 2.26. The number of hydrogen-bond acceptors (Lipinski definition) is 3. The fraction of sp³-hybridized carbons (Fsp3) is 0.353. The van der Waals surface area contributed by atoms with Crippen molar-refractivity contribution in [2.45, 2.75) is 13.0 Å². The van der Waals surface area contributed by atoms with Crippen LogP contribution in [0.25, 0.3) is 10.8 Å². The molecule has 0 saturated carbocycles. The van der Waals surface area contributed by atoms with Gasteiger partial charge in [-0.1, -0.05) is 36.4 Å². The number of benzene rings is 2. The van der Waals surface area contributed by atoms with Crippen LogP contribution in [-0.2, 0) is 4.79 Å². The Hall–Kier alpha value is -2.07. The molecule has 21 heavy (non-hydrogen) atoms. The minimum atomic E-state index is -0.464. The number of carbonyl (C=O) groups is 1. The molecule has 2 aromatic rings. The number of amides is 1. The van der Waals surface area contributed by atoms with Gasteiger partial charge in [-0.25, -0.2) is 0 Å². The Morgan fingerprint density at radius 1 is 1.14 bits per heavy atom. The number of nitrogens with zero attached hydrogens (tertiary/aromatic N) is 1. The van der Waals surface area contributed by atoms with Gasteiger partial charge >= 0.3 is 0 Å². The van der Waals surface area contributed by atoms with Crippen LogP contribution in [0.4, 0.5) is 0 Å². The van der Waals surface area contributed by atoms with Gasteiger partial charge in [0.25, 0.3) is 5.91 Å². The first kappa shape index (κ1) is 13.9. The third-order valence-electron chi connectivity index (χ3n) is 3.83. The zero-order valence-corrected chi connectivity index (χ0v) is 12.2. The van der Waals surface area contributed by atoms with E-state index in [1.807, 2.05) is 54.3 Å². The molecule has 1 atom stereocenters. The molecule has 0 spiro atoms. The van der Waals surface area contributed by atoms with Crippen LogP contribution in [0.1, 0.15) is 6.92 Å². The number of fused-ring (bicyclic) bond motifs is 1. The van der Waals surface area contributed by atoms with Crippen molar-refractivity contribution in [3.8, 4) is 5.75 Å². The first-order valence-corrected chi connectivity index (χ1v) is 7.39. The zero-order chi connectivity index (χ0) is 14.7. The summed E-state index contributed by atoms with van der Waals surface area (Å²) in [6.07, 6.45) is -0.464. The van der Waals surface area contributed by atoms with E-state index in [1.54, 1.807) is 0 Å². The standard InChI is InChI=1S/C17H20N2O2/c1-13(17(20)19-11-9-18-10-12-19)21-16-8-4-6-14-5-2-3-7-15(14)16/h2-8,13,18H,9-12H2,1H3. The maximum Gasteiger partial charge on any atom is 0.263 e. The maximum atomic E-state index is 12.4. The predicted octanol–water partition coefficient (Wildman–Crippen LogP) is 2.04. The van der Waals surface area contributed by atoms with E-state index in [-0.39, 0.29) is 5.91 Å². The summed E-state index contributed by atoms with van der Waals surface area (Å²) < 4.78 is 5.93. The van der Waals surface area contributed by atoms with E-state index in [9.17, 15) is 4.79 Å². The van der Waals surface area contributed by atoms with Crippen LogP contribution in [-0.4, -0.2) is 43.1 Å². The molecule has 0 radical (unpaired) electrons. The topological polar surface area (TPSA) is 41.6 Å². The number of piperazine rings is 1. The van der Waals surface area contributed by atoms with E-state index in [0.717, 1.165) is 42.7 Å². The van der Waals surface area contributed by atoms with Crippen LogP contribution < -0.4 is 10.1 Å². The van der Waals surface area contributed by atoms with Gasteiger partial charge in [-0.3, -0.25) is 4.79 Å². The first-order chi connectivity index (χ1) is 10.3. The second-order valence-electron chi connectivity index (χ2n) is 5.31. The Labute approximate surface area is 124 Å². The van der Waals surface area contributed by atoms with E-state index in [0.29, 0.717) is 0 Å². The minimum Gasteiger partial charge on any atom is -0.480 e. The molecule has 1 heterocycles. The number of hydrogen-bond donors (Lipinski definition) is 1. The van der Waals surface area contributed by atoms with E-state index < -0.39 is 6.10 Å². The largest absolute Gasteiger partial charge is 0.480 e. The van der Waals surface area contributed by atoms with E-state index in [1.165, 1.54) is 0 Å². The molecule has 0 bridgehead atoms. The third kappa shape index (κ3) is 3.00. The number of nitrogens with one attached hydrogen (secondary N) is 1. The molecule has 1 unspecified atom stereocenters. The Balaban J connectivity index is 1.76. The molecule has 1 fully saturated rings. The maximum absolute atomic E-state index is 12.4. The van der Waals surface area contributed by atoms with Crippen LogP contribution in [0.15, 0.2) is 42.5 Å². The van der Waals surface area contributed by atoms with Gasteiger partial charge in [0.1, 0.15) is 5.75 Å². The molecule has 1 amide bonds. The van der Waals surface area contributed by atoms with E-state index >= 15 is 0 Å². The van der Waals surface area contributed by atoms with E-state index in [4.69, 9.17) is 4.74 Å². The van der Waals surface area contributed by atoms with Crippen molar-refractivity contribution in [2.75, 3.05) is 26.2 Å². The lowest BCUT2D eigenvalue weighted by Crippen LogP contribution is -2.50. The normalized spacial score (nSPS) is 16.7. The summed E-state index contributed by atoms with van der Waals surface area (Å²) in [5.41, 5.74) is 0. The molecule has 1 aliphatic heterocycles. The molecule has 1 aliphatic rings. The molecule has 3 rings (SSSR count). The molecule has 4 heteroatoms. The Kier molecular flexibility index (Phi) is 4.06. The highest BCUT2D eigenvalue weighted by atomic mass is 16.5. The third-order valence-corrected chi connectivity index (χ3v) is 3.83. The SMILES string of the molecule is CC(Oc1cccc2ccccc12)C(=O)N1CCNCC1. The second kappa shape index (κ2) is 6.14. The molecule has 110 valence electrons. The van der Waals surface area contributed by atoms with Crippen LogP contribution >= 0.6 is 0 Å². The molecule has 0 aliphatic carbocycles. The lowest BCUT2D eigenvalue weighted by molar-refractivity contribution is -0.138. The smallest absolute Gasteiger partial charge is 0.263 e. The zero-order valence-electron chi connectivity index (χ0n) is 12.2. The second-order valence-corrected chi connectivity index (χ2v) is 5.31. The molecule has 2 aromatic carbocycles. The summed E-state index contributed by atoms with van der Waals surface area (Å²) in [5.74, 6) is 0.827. The van der Waals surface area contributed by atoms with Crippen LogP contribution in [0, 0.1) is 0 Å². The van der Waals surface area contributed by atoms with Crippen molar-refractivity contribution < 1.29 is 9.53 Å². The van der Waals surface area contributed by atoms with Gasteiger partial charge < -0.3 is 15.0 Å². The van der Waals surface area contributed by atoms with Gasteiger partial charge in [-0.2, -0.15) is 0 Å². The summed E-state index contributed by atoms with van der Waals surface area (Å²) in [4.78, 5) is 14.3. The quantitative estimate of drug-likeness (QED) is 0.938. The van der Waals surface area contributed by atoms with Gasteiger partial charge in [-0.05, 0) is 18.4 Å². The highest BCUT2D eigenvalue weighted by molar-refractivity contribution is 5.89. The molecular formula is C17H20N2O2. The van der Waals surface area contributed by atoms with Gasteiger partial charge in [0.15, 0.2) is 6.10 Å². The van der Waals surface area contributed by atoms with Crippen molar-refractivity contribution >= 4 is 16.7 Å². The Morgan fingerprint density at radius 2 is 1.86 bits per heavy atom. The number of rotatable bonds is 3. The Bertz CT molecular complexity index is 630. The van der Waals surface area contributed by atoms with Gasteiger partial charge in [0.2, 0.25) is 0 Å². The summed E-state index contributed by atoms with van der Waals surface area (Å²) in [6.45, 7) is 5.04. The van der Waals surface area contributed by atoms with Crippen LogP contribution in [0.5, 0.6) is 5.75 Å². The average Bonchev–Trinajstić information content (AvgIpc) is 2.55. The fourth-order valence-electron chi connectivity index (χ4n) is 2.68. The monoisotopic (exact) mass is 284 g/mol. The van der Waals surface area contributed by atoms with Crippen LogP contribution in [0.3, 0.4) is 0 Å². The highest BCUT2D eigenvalue weighted by Gasteiger charge is 2.23.